The van der Waals surface area contributed by atoms with Crippen molar-refractivity contribution >= 4 is 22.8 Å². The van der Waals surface area contributed by atoms with E-state index in [-0.39, 0.29) is 6.79 Å². The quantitative estimate of drug-likeness (QED) is 0.760. The molecule has 1 N–H and O–H groups in total. The van der Waals surface area contributed by atoms with Crippen LogP contribution in [0.25, 0.3) is 11.1 Å². The van der Waals surface area contributed by atoms with Crippen LogP contribution in [0.1, 0.15) is 0 Å². The Morgan fingerprint density at radius 2 is 1.89 bits per heavy atom. The number of nitrogens with one attached hydrogen (secondary N) is 1. The van der Waals surface area contributed by atoms with Crippen LogP contribution in [-0.4, -0.2) is 11.8 Å². The van der Waals surface area contributed by atoms with E-state index in [4.69, 9.17) is 13.9 Å². The van der Waals surface area contributed by atoms with Gasteiger partial charge in [0.25, 0.3) is 6.01 Å². The van der Waals surface area contributed by atoms with Crippen LogP contribution in [0.4, 0.5) is 11.7 Å². The molecule has 94 valence electrons. The van der Waals surface area contributed by atoms with Crippen LogP contribution in [0.15, 0.2) is 46.9 Å². The molecule has 0 amide bonds. The molecule has 2 heterocycles. The summed E-state index contributed by atoms with van der Waals surface area (Å²) in [5, 5.41) is 3.11. The minimum atomic E-state index is 0.266. The van der Waals surface area contributed by atoms with Crippen LogP contribution in [0.2, 0.25) is 0 Å². The number of fused-ring (bicyclic) bond motifs is 2. The van der Waals surface area contributed by atoms with Gasteiger partial charge < -0.3 is 19.2 Å². The van der Waals surface area contributed by atoms with Crippen molar-refractivity contribution in [3.05, 3.63) is 42.5 Å². The fourth-order valence-corrected chi connectivity index (χ4v) is 2.02. The second kappa shape index (κ2) is 3.91. The molecule has 0 saturated heterocycles. The summed E-state index contributed by atoms with van der Waals surface area (Å²) in [6.45, 7) is 0.266. The van der Waals surface area contributed by atoms with E-state index >= 15 is 0 Å². The molecule has 1 aliphatic heterocycles. The molecule has 5 nitrogen and oxygen atoms in total. The summed E-state index contributed by atoms with van der Waals surface area (Å²) in [6, 6.07) is 13.7. The first-order valence-electron chi connectivity index (χ1n) is 5.91. The molecule has 4 rings (SSSR count). The first-order valence-corrected chi connectivity index (χ1v) is 5.91. The van der Waals surface area contributed by atoms with E-state index < -0.39 is 0 Å². The molecule has 3 aromatic rings. The summed E-state index contributed by atoms with van der Waals surface area (Å²) >= 11 is 0. The van der Waals surface area contributed by atoms with E-state index in [1.165, 1.54) is 0 Å². The van der Waals surface area contributed by atoms with Gasteiger partial charge >= 0.3 is 0 Å². The first-order chi connectivity index (χ1) is 9.38. The number of aromatic nitrogens is 1. The van der Waals surface area contributed by atoms with E-state index in [1.807, 2.05) is 42.5 Å². The van der Waals surface area contributed by atoms with E-state index in [0.29, 0.717) is 6.01 Å². The molecule has 2 aromatic carbocycles. The Hall–Kier alpha value is -2.69. The average molecular weight is 254 g/mol. The fraction of sp³-hybridized carbons (Fsp3) is 0.0714. The number of oxazole rings is 1. The van der Waals surface area contributed by atoms with Gasteiger partial charge in [0, 0.05) is 11.8 Å². The molecule has 0 atom stereocenters. The highest BCUT2D eigenvalue weighted by Gasteiger charge is 2.14. The number of ether oxygens (including phenoxy) is 2. The maximum atomic E-state index is 5.60. The topological polar surface area (TPSA) is 56.5 Å². The van der Waals surface area contributed by atoms with E-state index in [2.05, 4.69) is 10.3 Å². The largest absolute Gasteiger partial charge is 0.454 e. The Labute approximate surface area is 108 Å². The molecule has 0 aliphatic carbocycles. The molecular weight excluding hydrogens is 244 g/mol. The maximum absolute atomic E-state index is 5.60. The second-order valence-electron chi connectivity index (χ2n) is 4.18. The van der Waals surface area contributed by atoms with Crippen molar-refractivity contribution in [3.8, 4) is 11.5 Å². The van der Waals surface area contributed by atoms with Crippen molar-refractivity contribution in [2.75, 3.05) is 12.1 Å². The number of hydrogen-bond acceptors (Lipinski definition) is 5. The Morgan fingerprint density at radius 1 is 1.00 bits per heavy atom. The summed E-state index contributed by atoms with van der Waals surface area (Å²) in [6.07, 6.45) is 0. The summed E-state index contributed by atoms with van der Waals surface area (Å²) in [7, 11) is 0. The van der Waals surface area contributed by atoms with Crippen LogP contribution in [0.5, 0.6) is 11.5 Å². The zero-order chi connectivity index (χ0) is 12.7. The molecule has 0 saturated carbocycles. The SMILES string of the molecule is c1ccc2oc(Nc3ccc4c(c3)OCO4)nc2c1. The van der Waals surface area contributed by atoms with E-state index in [0.717, 1.165) is 28.3 Å². The predicted octanol–water partition coefficient (Wildman–Crippen LogP) is 3.30. The normalized spacial score (nSPS) is 12.8. The molecule has 0 radical (unpaired) electrons. The van der Waals surface area contributed by atoms with Gasteiger partial charge in [-0.1, -0.05) is 12.1 Å². The third kappa shape index (κ3) is 1.76. The lowest BCUT2D eigenvalue weighted by atomic mass is 10.3. The van der Waals surface area contributed by atoms with Gasteiger partial charge in [0.05, 0.1) is 0 Å². The molecule has 0 spiro atoms. The molecular formula is C14H10N2O3. The lowest BCUT2D eigenvalue weighted by Crippen LogP contribution is -1.93. The Balaban J connectivity index is 1.67. The van der Waals surface area contributed by atoms with Crippen LogP contribution in [0, 0.1) is 0 Å². The maximum Gasteiger partial charge on any atom is 0.300 e. The Morgan fingerprint density at radius 3 is 2.84 bits per heavy atom. The predicted molar refractivity (Wildman–Crippen MR) is 69.9 cm³/mol. The molecule has 1 aromatic heterocycles. The number of para-hydroxylation sites is 2. The number of anilines is 2. The van der Waals surface area contributed by atoms with Crippen molar-refractivity contribution in [1.29, 1.82) is 0 Å². The smallest absolute Gasteiger partial charge is 0.300 e. The average Bonchev–Trinajstić information content (AvgIpc) is 3.03. The highest BCUT2D eigenvalue weighted by molar-refractivity contribution is 5.75. The van der Waals surface area contributed by atoms with Gasteiger partial charge in [-0.25, -0.2) is 0 Å². The van der Waals surface area contributed by atoms with Crippen LogP contribution in [-0.2, 0) is 0 Å². The third-order valence-electron chi connectivity index (χ3n) is 2.92. The lowest BCUT2D eigenvalue weighted by molar-refractivity contribution is 0.174. The molecule has 0 bridgehead atoms. The molecule has 5 heteroatoms. The Kier molecular flexibility index (Phi) is 2.11. The standard InChI is InChI=1S/C14H10N2O3/c1-2-4-11-10(3-1)16-14(19-11)15-9-5-6-12-13(7-9)18-8-17-12/h1-7H,8H2,(H,15,16). The van der Waals surface area contributed by atoms with Gasteiger partial charge in [-0.15, -0.1) is 0 Å². The van der Waals surface area contributed by atoms with Crippen LogP contribution >= 0.6 is 0 Å². The zero-order valence-corrected chi connectivity index (χ0v) is 9.92. The minimum Gasteiger partial charge on any atom is -0.454 e. The summed E-state index contributed by atoms with van der Waals surface area (Å²) in [4.78, 5) is 4.35. The van der Waals surface area contributed by atoms with Gasteiger partial charge in [-0.3, -0.25) is 0 Å². The molecule has 19 heavy (non-hydrogen) atoms. The lowest BCUT2D eigenvalue weighted by Gasteiger charge is -2.02. The molecule has 0 unspecified atom stereocenters. The molecule has 1 aliphatic rings. The van der Waals surface area contributed by atoms with E-state index in [9.17, 15) is 0 Å². The summed E-state index contributed by atoms with van der Waals surface area (Å²) in [5.74, 6) is 1.48. The van der Waals surface area contributed by atoms with Crippen LogP contribution < -0.4 is 14.8 Å². The van der Waals surface area contributed by atoms with Gasteiger partial charge in [-0.05, 0) is 24.3 Å². The summed E-state index contributed by atoms with van der Waals surface area (Å²) in [5.41, 5.74) is 2.42. The van der Waals surface area contributed by atoms with Gasteiger partial charge in [0.15, 0.2) is 17.1 Å². The number of rotatable bonds is 2. The monoisotopic (exact) mass is 254 g/mol. The third-order valence-corrected chi connectivity index (χ3v) is 2.92. The Bertz CT molecular complexity index is 718. The van der Waals surface area contributed by atoms with Crippen molar-refractivity contribution in [2.45, 2.75) is 0 Å². The van der Waals surface area contributed by atoms with Crippen molar-refractivity contribution in [1.82, 2.24) is 4.98 Å². The van der Waals surface area contributed by atoms with Crippen molar-refractivity contribution in [3.63, 3.8) is 0 Å². The minimum absolute atomic E-state index is 0.266. The van der Waals surface area contributed by atoms with E-state index in [1.54, 1.807) is 0 Å². The van der Waals surface area contributed by atoms with Gasteiger partial charge in [0.2, 0.25) is 6.79 Å². The van der Waals surface area contributed by atoms with Crippen LogP contribution in [0.3, 0.4) is 0 Å². The second-order valence-corrected chi connectivity index (χ2v) is 4.18. The fourth-order valence-electron chi connectivity index (χ4n) is 2.02. The van der Waals surface area contributed by atoms with Gasteiger partial charge in [-0.2, -0.15) is 4.98 Å². The van der Waals surface area contributed by atoms with Crippen molar-refractivity contribution in [2.24, 2.45) is 0 Å². The highest BCUT2D eigenvalue weighted by Crippen LogP contribution is 2.35. The van der Waals surface area contributed by atoms with Crippen molar-refractivity contribution < 1.29 is 13.9 Å². The number of nitrogens with zero attached hydrogens (tertiary/aromatic N) is 1. The van der Waals surface area contributed by atoms with Gasteiger partial charge in [0.1, 0.15) is 5.52 Å². The highest BCUT2D eigenvalue weighted by atomic mass is 16.7. The summed E-state index contributed by atoms with van der Waals surface area (Å²) < 4.78 is 16.2. The zero-order valence-electron chi connectivity index (χ0n) is 9.92. The first kappa shape index (κ1) is 10.3. The number of hydrogen-bond donors (Lipinski definition) is 1. The molecule has 0 fully saturated rings. The number of benzene rings is 2.